The normalized spacial score (nSPS) is 53.4. The van der Waals surface area contributed by atoms with Crippen molar-refractivity contribution < 1.29 is 163 Å². The van der Waals surface area contributed by atoms with Crippen LogP contribution >= 0.6 is 0 Å². The van der Waals surface area contributed by atoms with E-state index in [0.29, 0.717) is 0 Å². The summed E-state index contributed by atoms with van der Waals surface area (Å²) in [7, 11) is 0. The third kappa shape index (κ3) is 13.2. The largest absolute Gasteiger partial charge is 0.394 e. The van der Waals surface area contributed by atoms with Crippen molar-refractivity contribution in [1.82, 2.24) is 5.32 Å². The number of carbonyl (C=O) groups excluding carboxylic acids is 1. The lowest BCUT2D eigenvalue weighted by Gasteiger charge is -2.51. The number of rotatable bonds is 17. The van der Waals surface area contributed by atoms with Crippen LogP contribution in [0, 0.1) is 0 Å². The van der Waals surface area contributed by atoms with Gasteiger partial charge in [0, 0.05) is 6.92 Å². The third-order valence-corrected chi connectivity index (χ3v) is 14.8. The fourth-order valence-corrected chi connectivity index (χ4v) is 10.1. The number of ether oxygens (including phenoxy) is 13. The zero-order chi connectivity index (χ0) is 57.5. The van der Waals surface area contributed by atoms with Crippen LogP contribution < -0.4 is 5.32 Å². The standard InChI is InChI=1S/C44H75NO33/c1-9-18(50)24(56)29(61)40(67-9)75-34-17(45-12(4)49)39(73-15(7-48)33(34)74-43-32(64)27(59)21(53)13(5-46)71-43)66-8-16-23(55)35(37(38(65)70-16)78-42-31(63)26(58)20(52)11(3)69-42)76-44-36(28(60)22(54)14(6-47)72-44)77-41-30(62)25(57)19(51)10(2)68-41/h9-11,13-44,46-48,50-65H,5-8H2,1-4H3,(H,45,49)/t9-,10-,11-,13+,14+,15+,16+,17+,18+,19+,20+,21-,22-,23-,24+,25+,26+,27-,28-,29-,30-,31-,32+,33+,34+,35-,36+,37+,38+,39+,40-,41-,42-,43-,44-/m0/s1. The highest BCUT2D eigenvalue weighted by atomic mass is 16.8. The molecule has 7 rings (SSSR count). The molecule has 0 saturated carbocycles. The van der Waals surface area contributed by atoms with Crippen molar-refractivity contribution in [3.05, 3.63) is 0 Å². The lowest BCUT2D eigenvalue weighted by atomic mass is 9.94. The molecule has 20 N–H and O–H groups in total. The SMILES string of the molecule is CC(=O)N[C@H]1[C@H](OC[C@H]2O[C@@H](O)[C@H](O[C@@H]3O[C@@H](C)[C@@H](O)[C@@H](O)[C@@H]3O)[C@@H](O[C@@H]3O[C@H](CO)[C@H](O)[C@H](O)[C@H]3O[C@@H]3O[C@@H](C)[C@@H](O)[C@@H](O)[C@@H]3O)[C@H]2O)O[C@H](CO)[C@@H](O[C@@H]2O[C@H](CO)[C@H](O)[C@H](O)[C@H]2O)[C@@H]1O[C@@H]1O[C@@H](C)[C@@H](O)[C@@H](O)[C@@H]1O. The van der Waals surface area contributed by atoms with Gasteiger partial charge in [0.1, 0.15) is 153 Å². The van der Waals surface area contributed by atoms with E-state index in [4.69, 9.17) is 61.6 Å². The van der Waals surface area contributed by atoms with Crippen LogP contribution in [0.4, 0.5) is 0 Å². The highest BCUT2D eigenvalue weighted by molar-refractivity contribution is 5.73. The number of nitrogens with one attached hydrogen (secondary N) is 1. The summed E-state index contributed by atoms with van der Waals surface area (Å²) in [4.78, 5) is 13.0. The second-order valence-electron chi connectivity index (χ2n) is 20.3. The molecule has 0 radical (unpaired) electrons. The van der Waals surface area contributed by atoms with Crippen LogP contribution in [0.3, 0.4) is 0 Å². The van der Waals surface area contributed by atoms with Crippen molar-refractivity contribution in [1.29, 1.82) is 0 Å². The quantitative estimate of drug-likeness (QED) is 0.0643. The molecule has 0 aromatic carbocycles. The van der Waals surface area contributed by atoms with Crippen LogP contribution in [-0.2, 0) is 66.4 Å². The second kappa shape index (κ2) is 26.8. The monoisotopic (exact) mass is 1150 g/mol. The Bertz CT molecular complexity index is 1890. The maximum Gasteiger partial charge on any atom is 0.217 e. The van der Waals surface area contributed by atoms with Crippen LogP contribution in [0.5, 0.6) is 0 Å². The Labute approximate surface area is 443 Å². The fraction of sp³-hybridized carbons (Fsp3) is 0.977. The van der Waals surface area contributed by atoms with E-state index in [1.54, 1.807) is 0 Å². The minimum absolute atomic E-state index is 0.852. The first-order chi connectivity index (χ1) is 36.7. The van der Waals surface area contributed by atoms with Gasteiger partial charge in [-0.15, -0.1) is 0 Å². The molecule has 0 aromatic heterocycles. The van der Waals surface area contributed by atoms with E-state index < -0.39 is 247 Å². The van der Waals surface area contributed by atoms with E-state index in [2.05, 4.69) is 5.32 Å². The topological polar surface area (TPSA) is 533 Å². The van der Waals surface area contributed by atoms with E-state index in [1.165, 1.54) is 20.8 Å². The minimum atomic E-state index is -2.32. The average molecular weight is 1150 g/mol. The maximum atomic E-state index is 13.0. The molecule has 7 saturated heterocycles. The highest BCUT2D eigenvalue weighted by Gasteiger charge is 2.58. The number of amides is 1. The van der Waals surface area contributed by atoms with E-state index in [0.717, 1.165) is 6.92 Å². The van der Waals surface area contributed by atoms with Gasteiger partial charge >= 0.3 is 0 Å². The van der Waals surface area contributed by atoms with Gasteiger partial charge in [-0.2, -0.15) is 0 Å². The molecule has 34 heteroatoms. The zero-order valence-corrected chi connectivity index (χ0v) is 42.2. The lowest BCUT2D eigenvalue weighted by Crippen LogP contribution is -2.70. The number of aliphatic hydroxyl groups excluding tert-OH is 19. The molecular weight excluding hydrogens is 1070 g/mol. The van der Waals surface area contributed by atoms with Crippen LogP contribution in [0.25, 0.3) is 0 Å². The maximum absolute atomic E-state index is 13.0. The van der Waals surface area contributed by atoms with Gasteiger partial charge < -0.3 is 164 Å². The van der Waals surface area contributed by atoms with Crippen molar-refractivity contribution in [2.75, 3.05) is 26.4 Å². The summed E-state index contributed by atoms with van der Waals surface area (Å²) in [6.45, 7) is 1.01. The van der Waals surface area contributed by atoms with Crippen molar-refractivity contribution in [2.24, 2.45) is 0 Å². The first kappa shape index (κ1) is 63.8. The van der Waals surface area contributed by atoms with Crippen molar-refractivity contribution in [2.45, 2.75) is 243 Å². The average Bonchev–Trinajstić information content (AvgIpc) is 3.58. The number of aliphatic hydroxyl groups is 19. The molecule has 7 fully saturated rings. The molecule has 0 spiro atoms. The van der Waals surface area contributed by atoms with Crippen LogP contribution in [0.2, 0.25) is 0 Å². The Hall–Kier alpha value is -1.81. The highest BCUT2D eigenvalue weighted by Crippen LogP contribution is 2.38. The summed E-state index contributed by atoms with van der Waals surface area (Å²) in [6.07, 6.45) is -63.4. The molecular formula is C44H75NO33. The predicted octanol–water partition coefficient (Wildman–Crippen LogP) is -13.0. The van der Waals surface area contributed by atoms with Crippen molar-refractivity contribution in [3.63, 3.8) is 0 Å². The van der Waals surface area contributed by atoms with Gasteiger partial charge in [-0.1, -0.05) is 0 Å². The molecule has 7 aliphatic heterocycles. The summed E-state index contributed by atoms with van der Waals surface area (Å²) in [6, 6.07) is -1.74. The smallest absolute Gasteiger partial charge is 0.217 e. The molecule has 0 bridgehead atoms. The number of hydrogen-bond donors (Lipinski definition) is 20. The van der Waals surface area contributed by atoms with Crippen LogP contribution in [0.15, 0.2) is 0 Å². The van der Waals surface area contributed by atoms with Gasteiger partial charge in [0.05, 0.1) is 44.7 Å². The van der Waals surface area contributed by atoms with Crippen LogP contribution in [0.1, 0.15) is 27.7 Å². The summed E-state index contributed by atoms with van der Waals surface area (Å²) in [5, 5.41) is 207. The van der Waals surface area contributed by atoms with Gasteiger partial charge in [0.2, 0.25) is 5.91 Å². The Balaban J connectivity index is 1.21. The van der Waals surface area contributed by atoms with Gasteiger partial charge in [0.15, 0.2) is 44.0 Å². The van der Waals surface area contributed by atoms with Gasteiger partial charge in [-0.05, 0) is 20.8 Å². The van der Waals surface area contributed by atoms with E-state index in [9.17, 15) is 102 Å². The molecule has 7 heterocycles. The molecule has 1 amide bonds. The van der Waals surface area contributed by atoms with E-state index in [1.807, 2.05) is 0 Å². The Kier molecular flexibility index (Phi) is 21.9. The molecule has 78 heavy (non-hydrogen) atoms. The molecule has 34 nitrogen and oxygen atoms in total. The minimum Gasteiger partial charge on any atom is -0.394 e. The first-order valence-corrected chi connectivity index (χ1v) is 25.2. The van der Waals surface area contributed by atoms with Gasteiger partial charge in [-0.3, -0.25) is 4.79 Å². The Morgan fingerprint density at radius 1 is 0.359 bits per heavy atom. The molecule has 35 atom stereocenters. The molecule has 0 unspecified atom stereocenters. The number of hydrogen-bond acceptors (Lipinski definition) is 33. The molecule has 0 aliphatic carbocycles. The lowest BCUT2D eigenvalue weighted by molar-refractivity contribution is -0.403. The van der Waals surface area contributed by atoms with Crippen molar-refractivity contribution >= 4 is 5.91 Å². The Morgan fingerprint density at radius 2 is 0.731 bits per heavy atom. The molecule has 0 aromatic rings. The first-order valence-electron chi connectivity index (χ1n) is 25.2. The summed E-state index contributed by atoms with van der Waals surface area (Å²) < 4.78 is 76.0. The van der Waals surface area contributed by atoms with Gasteiger partial charge in [0.25, 0.3) is 0 Å². The molecule has 454 valence electrons. The fourth-order valence-electron chi connectivity index (χ4n) is 10.1. The Morgan fingerprint density at radius 3 is 1.19 bits per heavy atom. The van der Waals surface area contributed by atoms with Gasteiger partial charge in [-0.25, -0.2) is 0 Å². The molecule has 7 aliphatic rings. The summed E-state index contributed by atoms with van der Waals surface area (Å²) >= 11 is 0. The second-order valence-corrected chi connectivity index (χ2v) is 20.3. The van der Waals surface area contributed by atoms with Crippen LogP contribution in [-0.4, -0.2) is 344 Å². The third-order valence-electron chi connectivity index (χ3n) is 14.8. The van der Waals surface area contributed by atoms with Crippen molar-refractivity contribution in [3.8, 4) is 0 Å². The summed E-state index contributed by atoms with van der Waals surface area (Å²) in [5.74, 6) is -0.852. The number of carbonyl (C=O) groups is 1. The zero-order valence-electron chi connectivity index (χ0n) is 42.2. The van der Waals surface area contributed by atoms with E-state index in [-0.39, 0.29) is 0 Å². The summed E-state index contributed by atoms with van der Waals surface area (Å²) in [5.41, 5.74) is 0. The van der Waals surface area contributed by atoms with E-state index >= 15 is 0 Å². The predicted molar refractivity (Wildman–Crippen MR) is 239 cm³/mol.